The summed E-state index contributed by atoms with van der Waals surface area (Å²) in [6.07, 6.45) is 3.22. The number of methoxy groups -OCH3 is 1. The summed E-state index contributed by atoms with van der Waals surface area (Å²) in [6.45, 7) is 5.86. The zero-order valence-corrected chi connectivity index (χ0v) is 19.0. The first kappa shape index (κ1) is 23.2. The number of allylic oxidation sites excluding steroid dienone is 1. The van der Waals surface area contributed by atoms with Gasteiger partial charge in [-0.05, 0) is 30.9 Å². The van der Waals surface area contributed by atoms with E-state index in [1.165, 1.54) is 7.11 Å². The van der Waals surface area contributed by atoms with Gasteiger partial charge in [0.05, 0.1) is 0 Å². The Morgan fingerprint density at radius 1 is 1.25 bits per heavy atom. The van der Waals surface area contributed by atoms with E-state index in [1.54, 1.807) is 20.3 Å². The molecule has 1 N–H and O–H groups in total. The van der Waals surface area contributed by atoms with Gasteiger partial charge in [-0.2, -0.15) is 8.42 Å². The lowest BCUT2D eigenvalue weighted by atomic mass is 9.77. The van der Waals surface area contributed by atoms with Gasteiger partial charge in [-0.1, -0.05) is 49.8 Å². The van der Waals surface area contributed by atoms with Crippen molar-refractivity contribution in [3.63, 3.8) is 0 Å². The smallest absolute Gasteiger partial charge is 0.372 e. The summed E-state index contributed by atoms with van der Waals surface area (Å²) < 4.78 is 53.4. The summed E-state index contributed by atoms with van der Waals surface area (Å²) in [4.78, 5) is 0. The lowest BCUT2D eigenvalue weighted by Gasteiger charge is -2.59. The molecule has 1 saturated heterocycles. The number of benzene rings is 1. The molecule has 0 bridgehead atoms. The number of hydrogen-bond acceptors (Lipinski definition) is 5. The molecule has 8 heteroatoms. The van der Waals surface area contributed by atoms with E-state index in [0.29, 0.717) is 25.3 Å². The quantitative estimate of drug-likeness (QED) is 0.368. The van der Waals surface area contributed by atoms with Crippen LogP contribution in [0.2, 0.25) is 6.04 Å². The molecule has 0 radical (unpaired) electrons. The molecule has 6 nitrogen and oxygen atoms in total. The average Bonchev–Trinajstić information content (AvgIpc) is 2.69. The van der Waals surface area contributed by atoms with Crippen LogP contribution < -0.4 is 0 Å². The molecule has 3 atom stereocenters. The van der Waals surface area contributed by atoms with Gasteiger partial charge < -0.3 is 13.6 Å². The Kier molecular flexibility index (Phi) is 7.28. The molecule has 0 amide bonds. The topological polar surface area (TPSA) is 82.1 Å². The minimum Gasteiger partial charge on any atom is -0.396 e. The van der Waals surface area contributed by atoms with Gasteiger partial charge >= 0.3 is 8.56 Å². The molecule has 1 aliphatic heterocycles. The Bertz CT molecular complexity index is 764. The van der Waals surface area contributed by atoms with Crippen LogP contribution in [0.15, 0.2) is 43.0 Å². The van der Waals surface area contributed by atoms with Crippen molar-refractivity contribution >= 4 is 18.7 Å². The molecule has 3 unspecified atom stereocenters. The van der Waals surface area contributed by atoms with Gasteiger partial charge in [0.25, 0.3) is 10.1 Å². The fourth-order valence-electron chi connectivity index (χ4n) is 5.18. The van der Waals surface area contributed by atoms with E-state index in [1.807, 2.05) is 37.3 Å². The van der Waals surface area contributed by atoms with E-state index in [0.717, 1.165) is 5.56 Å². The second kappa shape index (κ2) is 8.77. The molecule has 158 valence electrons. The zero-order valence-electron chi connectivity index (χ0n) is 17.2. The highest BCUT2D eigenvalue weighted by Gasteiger charge is 2.76. The maximum Gasteiger partial charge on any atom is 0.372 e. The maximum atomic E-state index is 13.2. The molecular weight excluding hydrogens is 396 g/mol. The van der Waals surface area contributed by atoms with Crippen LogP contribution in [-0.2, 0) is 30.1 Å². The van der Waals surface area contributed by atoms with Crippen LogP contribution in [0.4, 0.5) is 0 Å². The minimum absolute atomic E-state index is 0.0820. The van der Waals surface area contributed by atoms with Crippen molar-refractivity contribution in [3.05, 3.63) is 48.6 Å². The van der Waals surface area contributed by atoms with Crippen LogP contribution in [0.25, 0.3) is 0 Å². The van der Waals surface area contributed by atoms with E-state index in [4.69, 9.17) is 13.6 Å². The Labute approximate surface area is 169 Å². The predicted molar refractivity (Wildman–Crippen MR) is 112 cm³/mol. The third-order valence-corrected chi connectivity index (χ3v) is 12.6. The molecule has 2 rings (SSSR count). The predicted octanol–water partition coefficient (Wildman–Crippen LogP) is 3.52. The number of hydrogen-bond donors (Lipinski definition) is 1. The number of rotatable bonds is 9. The van der Waals surface area contributed by atoms with Crippen LogP contribution in [0.1, 0.15) is 31.7 Å². The van der Waals surface area contributed by atoms with E-state index < -0.39 is 34.6 Å². The lowest BCUT2D eigenvalue weighted by Crippen LogP contribution is -2.80. The van der Waals surface area contributed by atoms with Gasteiger partial charge in [-0.15, -0.1) is 6.58 Å². The third kappa shape index (κ3) is 3.30. The van der Waals surface area contributed by atoms with Crippen LogP contribution in [0.3, 0.4) is 0 Å². The highest BCUT2D eigenvalue weighted by Crippen LogP contribution is 2.56. The fourth-order valence-corrected chi connectivity index (χ4v) is 11.8. The third-order valence-electron chi connectivity index (χ3n) is 6.35. The Morgan fingerprint density at radius 3 is 2.29 bits per heavy atom. The Balaban J connectivity index is 2.92. The summed E-state index contributed by atoms with van der Waals surface area (Å²) in [5.74, 6) is -0.514. The van der Waals surface area contributed by atoms with E-state index in [-0.39, 0.29) is 6.42 Å². The highest BCUT2D eigenvalue weighted by molar-refractivity contribution is 7.87. The van der Waals surface area contributed by atoms with Crippen molar-refractivity contribution in [2.75, 3.05) is 21.3 Å². The summed E-state index contributed by atoms with van der Waals surface area (Å²) in [7, 11) is -3.21. The van der Waals surface area contributed by atoms with Gasteiger partial charge in [-0.3, -0.25) is 4.55 Å². The van der Waals surface area contributed by atoms with Gasteiger partial charge in [0, 0.05) is 27.2 Å². The van der Waals surface area contributed by atoms with E-state index >= 15 is 0 Å². The molecule has 0 aliphatic carbocycles. The van der Waals surface area contributed by atoms with Gasteiger partial charge in [-0.25, -0.2) is 0 Å². The average molecular weight is 429 g/mol. The first-order chi connectivity index (χ1) is 13.2. The summed E-state index contributed by atoms with van der Waals surface area (Å²) in [6, 6.07) is 9.84. The molecule has 0 saturated carbocycles. The molecule has 1 heterocycles. The normalized spacial score (nSPS) is 30.1. The molecule has 1 aromatic carbocycles. The molecule has 1 fully saturated rings. The largest absolute Gasteiger partial charge is 0.396 e. The molecular formula is C20H32O6SSi. The number of ether oxygens (including phenoxy) is 1. The van der Waals surface area contributed by atoms with Gasteiger partial charge in [0.15, 0.2) is 0 Å². The monoisotopic (exact) mass is 428 g/mol. The van der Waals surface area contributed by atoms with Crippen molar-refractivity contribution in [2.45, 2.75) is 48.6 Å². The van der Waals surface area contributed by atoms with Crippen LogP contribution in [0.5, 0.6) is 0 Å². The van der Waals surface area contributed by atoms with Crippen molar-refractivity contribution < 1.29 is 26.6 Å². The Morgan fingerprint density at radius 2 is 1.86 bits per heavy atom. The second-order valence-electron chi connectivity index (χ2n) is 7.35. The summed E-state index contributed by atoms with van der Waals surface area (Å²) in [5, 5.41) is -1.31. The first-order valence-electron chi connectivity index (χ1n) is 9.53. The van der Waals surface area contributed by atoms with Crippen LogP contribution in [-0.4, -0.2) is 52.8 Å². The first-order valence-corrected chi connectivity index (χ1v) is 13.0. The van der Waals surface area contributed by atoms with Crippen LogP contribution >= 0.6 is 0 Å². The zero-order chi connectivity index (χ0) is 21.1. The van der Waals surface area contributed by atoms with E-state index in [2.05, 4.69) is 6.58 Å². The second-order valence-corrected chi connectivity index (χ2v) is 12.7. The van der Waals surface area contributed by atoms with Gasteiger partial charge in [0.1, 0.15) is 9.97 Å². The standard InChI is InChI=1S/C20H32O6SSi/c1-6-14-20(24-3)19(27(21,22)23,16-17-11-9-8-10-12-17)18(7-2)13-15-28(20,25-4)26-5/h7-12,18H,2,6,13-16H2,1,3-5H3,(H,21,22,23). The maximum absolute atomic E-state index is 13.2. The van der Waals surface area contributed by atoms with Crippen molar-refractivity contribution in [1.82, 2.24) is 0 Å². The van der Waals surface area contributed by atoms with Gasteiger partial charge in [0.2, 0.25) is 0 Å². The molecule has 1 aliphatic rings. The highest BCUT2D eigenvalue weighted by atomic mass is 32.2. The summed E-state index contributed by atoms with van der Waals surface area (Å²) in [5.41, 5.74) is 0.793. The fraction of sp³-hybridized carbons (Fsp3) is 0.600. The SMILES string of the molecule is C=CC1CC[Si](OC)(OC)C(CCC)(OC)C1(Cc1ccccc1)S(=O)(=O)O. The molecule has 0 spiro atoms. The van der Waals surface area contributed by atoms with Crippen molar-refractivity contribution in [3.8, 4) is 0 Å². The molecule has 1 aromatic rings. The lowest BCUT2D eigenvalue weighted by molar-refractivity contribution is -0.0551. The molecule has 0 aromatic heterocycles. The minimum atomic E-state index is -4.60. The van der Waals surface area contributed by atoms with Crippen molar-refractivity contribution in [2.24, 2.45) is 5.92 Å². The van der Waals surface area contributed by atoms with Crippen molar-refractivity contribution in [1.29, 1.82) is 0 Å². The van der Waals surface area contributed by atoms with Crippen LogP contribution in [0, 0.1) is 5.92 Å². The summed E-state index contributed by atoms with van der Waals surface area (Å²) >= 11 is 0. The van der Waals surface area contributed by atoms with E-state index in [9.17, 15) is 13.0 Å². The Hall–Kier alpha value is -1.03. The molecule has 28 heavy (non-hydrogen) atoms.